The summed E-state index contributed by atoms with van der Waals surface area (Å²) in [4.78, 5) is 0. The van der Waals surface area contributed by atoms with E-state index in [0.717, 1.165) is 16.8 Å². The highest BCUT2D eigenvalue weighted by Crippen LogP contribution is 2.32. The van der Waals surface area contributed by atoms with Gasteiger partial charge in [0, 0.05) is 13.1 Å². The van der Waals surface area contributed by atoms with Crippen molar-refractivity contribution in [3.8, 4) is 11.8 Å². The van der Waals surface area contributed by atoms with Crippen LogP contribution in [-0.2, 0) is 10.1 Å². The Balaban J connectivity index is 2.68. The number of aromatic nitrogens is 2. The van der Waals surface area contributed by atoms with E-state index in [1.165, 1.54) is 13.2 Å². The van der Waals surface area contributed by atoms with E-state index in [1.807, 2.05) is 0 Å². The number of fused-ring (bicyclic) bond motifs is 1. The second kappa shape index (κ2) is 4.81. The summed E-state index contributed by atoms with van der Waals surface area (Å²) in [5.41, 5.74) is -5.62. The van der Waals surface area contributed by atoms with Gasteiger partial charge in [0.1, 0.15) is 17.1 Å². The number of alkyl halides is 3. The number of nitrogens with one attached hydrogen (secondary N) is 1. The molecule has 0 saturated heterocycles. The molecule has 2 aromatic heterocycles. The van der Waals surface area contributed by atoms with Gasteiger partial charge in [-0.2, -0.15) is 31.9 Å². The summed E-state index contributed by atoms with van der Waals surface area (Å²) in [7, 11) is -4.38. The molecule has 112 valence electrons. The predicted molar refractivity (Wildman–Crippen MR) is 65.1 cm³/mol. The van der Waals surface area contributed by atoms with Crippen LogP contribution in [0.5, 0.6) is 5.75 Å². The van der Waals surface area contributed by atoms with Crippen molar-refractivity contribution < 1.29 is 25.8 Å². The quantitative estimate of drug-likeness (QED) is 0.679. The molecule has 0 aliphatic carbocycles. The van der Waals surface area contributed by atoms with Gasteiger partial charge in [0.15, 0.2) is 5.75 Å². The van der Waals surface area contributed by atoms with E-state index in [9.17, 15) is 21.6 Å². The van der Waals surface area contributed by atoms with Gasteiger partial charge in [0.05, 0.1) is 18.1 Å². The van der Waals surface area contributed by atoms with Crippen molar-refractivity contribution in [2.24, 2.45) is 0 Å². The summed E-state index contributed by atoms with van der Waals surface area (Å²) in [5.74, 6) is -0.645. The topological polar surface area (TPSA) is 96.5 Å². The van der Waals surface area contributed by atoms with Gasteiger partial charge < -0.3 is 9.50 Å². The lowest BCUT2D eigenvalue weighted by Gasteiger charge is -2.12. The lowest BCUT2D eigenvalue weighted by Crippen LogP contribution is -2.28. The van der Waals surface area contributed by atoms with Gasteiger partial charge in [-0.05, 0) is 0 Å². The molecule has 0 saturated carbocycles. The summed E-state index contributed by atoms with van der Waals surface area (Å²) >= 11 is 0. The first-order chi connectivity index (χ1) is 9.69. The smallest absolute Gasteiger partial charge is 0.387 e. The molecule has 0 spiro atoms. The molecule has 7 nitrogen and oxygen atoms in total. The highest BCUT2D eigenvalue weighted by atomic mass is 32.2. The van der Waals surface area contributed by atoms with Gasteiger partial charge in [0.2, 0.25) is 0 Å². The minimum absolute atomic E-state index is 0.120. The van der Waals surface area contributed by atoms with E-state index in [0.29, 0.717) is 0 Å². The number of nitriles is 1. The average Bonchev–Trinajstić information content (AvgIpc) is 2.80. The Labute approximate surface area is 116 Å². The lowest BCUT2D eigenvalue weighted by atomic mass is 10.2. The molecule has 2 rings (SSSR count). The molecule has 0 aliphatic rings. The zero-order valence-corrected chi connectivity index (χ0v) is 11.2. The van der Waals surface area contributed by atoms with Crippen molar-refractivity contribution >= 4 is 21.3 Å². The first-order valence-corrected chi connectivity index (χ1v) is 6.70. The van der Waals surface area contributed by atoms with Crippen LogP contribution in [0.3, 0.4) is 0 Å². The summed E-state index contributed by atoms with van der Waals surface area (Å²) in [6, 6.07) is 2.72. The molecule has 2 aromatic rings. The van der Waals surface area contributed by atoms with Crippen molar-refractivity contribution in [2.75, 3.05) is 12.4 Å². The van der Waals surface area contributed by atoms with Gasteiger partial charge in [-0.25, -0.2) is 4.52 Å². The molecule has 0 atom stereocenters. The molecule has 0 amide bonds. The average molecular weight is 320 g/mol. The zero-order chi connectivity index (χ0) is 15.8. The third-order valence-electron chi connectivity index (χ3n) is 2.47. The second-order valence-electron chi connectivity index (χ2n) is 3.79. The maximum Gasteiger partial charge on any atom is 0.534 e. The Morgan fingerprint density at radius 1 is 1.48 bits per heavy atom. The first-order valence-electron chi connectivity index (χ1n) is 5.29. The minimum atomic E-state index is -5.85. The maximum absolute atomic E-state index is 12.4. The number of pyridine rings is 1. The van der Waals surface area contributed by atoms with E-state index >= 15 is 0 Å². The molecule has 0 unspecified atom stereocenters. The van der Waals surface area contributed by atoms with Crippen molar-refractivity contribution in [1.82, 2.24) is 9.61 Å². The van der Waals surface area contributed by atoms with Crippen molar-refractivity contribution in [1.29, 1.82) is 5.26 Å². The first kappa shape index (κ1) is 14.9. The summed E-state index contributed by atoms with van der Waals surface area (Å²) < 4.78 is 64.6. The van der Waals surface area contributed by atoms with Crippen LogP contribution in [0, 0.1) is 11.3 Å². The molecule has 0 aromatic carbocycles. The number of nitrogens with zero attached hydrogens (tertiary/aromatic N) is 3. The highest BCUT2D eigenvalue weighted by molar-refractivity contribution is 7.88. The standard InChI is InChI=1S/C10H7F3N4O3S/c1-15-7-2-8(20-21(18,19)10(11,12)13)9-6(3-14)4-16-17(9)5-7/h2,4-5,15H,1H3. The van der Waals surface area contributed by atoms with Crippen LogP contribution < -0.4 is 9.50 Å². The van der Waals surface area contributed by atoms with Gasteiger partial charge in [-0.15, -0.1) is 0 Å². The molecule has 0 radical (unpaired) electrons. The number of halogens is 3. The zero-order valence-electron chi connectivity index (χ0n) is 10.3. The monoisotopic (exact) mass is 320 g/mol. The van der Waals surface area contributed by atoms with Crippen LogP contribution >= 0.6 is 0 Å². The van der Waals surface area contributed by atoms with E-state index < -0.39 is 21.4 Å². The molecule has 0 fully saturated rings. The maximum atomic E-state index is 12.4. The fourth-order valence-corrected chi connectivity index (χ4v) is 1.99. The molecular formula is C10H7F3N4O3S. The van der Waals surface area contributed by atoms with Gasteiger partial charge >= 0.3 is 15.6 Å². The fourth-order valence-electron chi connectivity index (χ4n) is 1.53. The Kier molecular flexibility index (Phi) is 3.42. The van der Waals surface area contributed by atoms with Crippen LogP contribution in [0.1, 0.15) is 5.56 Å². The van der Waals surface area contributed by atoms with Crippen LogP contribution in [0.2, 0.25) is 0 Å². The SMILES string of the molecule is CNc1cc(OS(=O)(=O)C(F)(F)F)c2c(C#N)cnn2c1. The third-order valence-corrected chi connectivity index (χ3v) is 3.43. The van der Waals surface area contributed by atoms with Crippen LogP contribution in [0.15, 0.2) is 18.5 Å². The van der Waals surface area contributed by atoms with Crippen LogP contribution in [0.25, 0.3) is 5.52 Å². The molecule has 21 heavy (non-hydrogen) atoms. The lowest BCUT2D eigenvalue weighted by molar-refractivity contribution is -0.0499. The largest absolute Gasteiger partial charge is 0.534 e. The predicted octanol–water partition coefficient (Wildman–Crippen LogP) is 1.48. The van der Waals surface area contributed by atoms with Crippen LogP contribution in [0.4, 0.5) is 18.9 Å². The van der Waals surface area contributed by atoms with Crippen molar-refractivity contribution in [3.05, 3.63) is 24.0 Å². The number of rotatable bonds is 3. The number of hydrogen-bond acceptors (Lipinski definition) is 6. The summed E-state index contributed by atoms with van der Waals surface area (Å²) in [6.45, 7) is 0. The third kappa shape index (κ3) is 2.57. The minimum Gasteiger partial charge on any atom is -0.387 e. The fraction of sp³-hybridized carbons (Fsp3) is 0.200. The normalized spacial score (nSPS) is 12.1. The Bertz CT molecular complexity index is 836. The molecule has 0 aliphatic heterocycles. The number of hydrogen-bond donors (Lipinski definition) is 1. The molecule has 1 N–H and O–H groups in total. The van der Waals surface area contributed by atoms with Gasteiger partial charge in [-0.3, -0.25) is 0 Å². The highest BCUT2D eigenvalue weighted by Gasteiger charge is 2.49. The Morgan fingerprint density at radius 2 is 2.14 bits per heavy atom. The Hall–Kier alpha value is -2.48. The molecule has 11 heteroatoms. The summed E-state index contributed by atoms with van der Waals surface area (Å²) in [6.07, 6.45) is 2.45. The molecular weight excluding hydrogens is 313 g/mol. The van der Waals surface area contributed by atoms with Gasteiger partial charge in [-0.1, -0.05) is 0 Å². The number of anilines is 1. The summed E-state index contributed by atoms with van der Waals surface area (Å²) in [5, 5.41) is 15.2. The Morgan fingerprint density at radius 3 is 2.67 bits per heavy atom. The van der Waals surface area contributed by atoms with Gasteiger partial charge in [0.25, 0.3) is 0 Å². The molecule has 2 heterocycles. The van der Waals surface area contributed by atoms with E-state index in [-0.39, 0.29) is 16.8 Å². The molecule has 0 bridgehead atoms. The van der Waals surface area contributed by atoms with Crippen LogP contribution in [-0.4, -0.2) is 30.6 Å². The second-order valence-corrected chi connectivity index (χ2v) is 5.33. The van der Waals surface area contributed by atoms with E-state index in [2.05, 4.69) is 14.6 Å². The van der Waals surface area contributed by atoms with E-state index in [4.69, 9.17) is 5.26 Å². The van der Waals surface area contributed by atoms with Crippen molar-refractivity contribution in [3.63, 3.8) is 0 Å². The van der Waals surface area contributed by atoms with Crippen molar-refractivity contribution in [2.45, 2.75) is 5.51 Å². The van der Waals surface area contributed by atoms with E-state index in [1.54, 1.807) is 6.07 Å².